The first-order valence-electron chi connectivity index (χ1n) is 5.18. The minimum Gasteiger partial charge on any atom is -0.316 e. The molecule has 0 amide bonds. The zero-order chi connectivity index (χ0) is 11.5. The third kappa shape index (κ3) is 1.96. The summed E-state index contributed by atoms with van der Waals surface area (Å²) in [5.74, 6) is 0. The quantitative estimate of drug-likeness (QED) is 0.886. The largest absolute Gasteiger partial charge is 0.316 e. The van der Waals surface area contributed by atoms with Crippen LogP contribution in [0.3, 0.4) is 0 Å². The van der Waals surface area contributed by atoms with Crippen LogP contribution in [-0.2, 0) is 6.54 Å². The molecule has 0 aliphatic rings. The van der Waals surface area contributed by atoms with Crippen molar-refractivity contribution in [2.45, 2.75) is 13.5 Å². The summed E-state index contributed by atoms with van der Waals surface area (Å²) in [5, 5.41) is 8.22. The van der Waals surface area contributed by atoms with Gasteiger partial charge in [0.25, 0.3) is 0 Å². The van der Waals surface area contributed by atoms with Gasteiger partial charge in [-0.15, -0.1) is 0 Å². The number of aryl methyl sites for hydroxylation is 1. The van der Waals surface area contributed by atoms with E-state index in [9.17, 15) is 0 Å². The number of hydrogen-bond donors (Lipinski definition) is 1. The molecule has 0 radical (unpaired) electrons. The zero-order valence-corrected chi connectivity index (χ0v) is 10.1. The summed E-state index contributed by atoms with van der Waals surface area (Å²) in [7, 11) is 1.90. The van der Waals surface area contributed by atoms with Crippen LogP contribution in [0, 0.1) is 6.92 Å². The van der Waals surface area contributed by atoms with Crippen molar-refractivity contribution in [3.63, 3.8) is 0 Å². The molecular formula is C12H14ClN3. The average Bonchev–Trinajstić information content (AvgIpc) is 2.59. The highest BCUT2D eigenvalue weighted by Gasteiger charge is 2.13. The standard InChI is InChI=1S/C12H14ClN3/c1-9-11(8-14-2)12(13)16(15-9)10-6-4-3-5-7-10/h3-7,14H,8H2,1-2H3. The maximum atomic E-state index is 6.30. The third-order valence-electron chi connectivity index (χ3n) is 2.48. The van der Waals surface area contributed by atoms with E-state index in [4.69, 9.17) is 11.6 Å². The summed E-state index contributed by atoms with van der Waals surface area (Å²) in [6, 6.07) is 9.89. The maximum absolute atomic E-state index is 6.30. The van der Waals surface area contributed by atoms with E-state index in [0.717, 1.165) is 23.5 Å². The zero-order valence-electron chi connectivity index (χ0n) is 9.37. The fourth-order valence-electron chi connectivity index (χ4n) is 1.65. The van der Waals surface area contributed by atoms with Crippen LogP contribution in [0.5, 0.6) is 0 Å². The fourth-order valence-corrected chi connectivity index (χ4v) is 1.99. The van der Waals surface area contributed by atoms with E-state index in [-0.39, 0.29) is 0 Å². The second-order valence-electron chi connectivity index (χ2n) is 3.63. The lowest BCUT2D eigenvalue weighted by molar-refractivity contribution is 0.812. The topological polar surface area (TPSA) is 29.9 Å². The molecule has 0 saturated carbocycles. The van der Waals surface area contributed by atoms with Crippen LogP contribution in [0.2, 0.25) is 5.15 Å². The first-order valence-corrected chi connectivity index (χ1v) is 5.56. The molecule has 0 saturated heterocycles. The Hall–Kier alpha value is -1.32. The first kappa shape index (κ1) is 11.2. The predicted molar refractivity (Wildman–Crippen MR) is 66.1 cm³/mol. The van der Waals surface area contributed by atoms with Crippen LogP contribution in [-0.4, -0.2) is 16.8 Å². The highest BCUT2D eigenvalue weighted by Crippen LogP contribution is 2.22. The lowest BCUT2D eigenvalue weighted by Gasteiger charge is -2.02. The second-order valence-corrected chi connectivity index (χ2v) is 3.99. The lowest BCUT2D eigenvalue weighted by Crippen LogP contribution is -2.06. The van der Waals surface area contributed by atoms with Gasteiger partial charge in [0.1, 0.15) is 5.15 Å². The highest BCUT2D eigenvalue weighted by atomic mass is 35.5. The molecular weight excluding hydrogens is 222 g/mol. The molecule has 2 aromatic rings. The van der Waals surface area contributed by atoms with Gasteiger partial charge >= 0.3 is 0 Å². The summed E-state index contributed by atoms with van der Waals surface area (Å²) in [5.41, 5.74) is 2.99. The normalized spacial score (nSPS) is 10.7. The van der Waals surface area contributed by atoms with E-state index in [1.165, 1.54) is 0 Å². The van der Waals surface area contributed by atoms with Crippen LogP contribution in [0.1, 0.15) is 11.3 Å². The maximum Gasteiger partial charge on any atom is 0.137 e. The van der Waals surface area contributed by atoms with E-state index in [1.807, 2.05) is 44.3 Å². The van der Waals surface area contributed by atoms with Gasteiger partial charge in [-0.3, -0.25) is 0 Å². The number of para-hydroxylation sites is 1. The Morgan fingerprint density at radius 3 is 2.62 bits per heavy atom. The molecule has 1 aromatic heterocycles. The smallest absolute Gasteiger partial charge is 0.137 e. The van der Waals surface area contributed by atoms with Crippen LogP contribution < -0.4 is 5.32 Å². The molecule has 0 bridgehead atoms. The molecule has 1 heterocycles. The van der Waals surface area contributed by atoms with Gasteiger partial charge in [0.05, 0.1) is 11.4 Å². The Morgan fingerprint density at radius 2 is 2.00 bits per heavy atom. The molecule has 0 atom stereocenters. The van der Waals surface area contributed by atoms with Crippen LogP contribution in [0.4, 0.5) is 0 Å². The van der Waals surface area contributed by atoms with Crippen molar-refractivity contribution in [1.29, 1.82) is 0 Å². The second kappa shape index (κ2) is 4.68. The number of rotatable bonds is 3. The number of halogens is 1. The Kier molecular flexibility index (Phi) is 3.27. The Balaban J connectivity index is 2.47. The molecule has 3 nitrogen and oxygen atoms in total. The summed E-state index contributed by atoms with van der Waals surface area (Å²) in [4.78, 5) is 0. The third-order valence-corrected chi connectivity index (χ3v) is 2.86. The van der Waals surface area contributed by atoms with E-state index >= 15 is 0 Å². The highest BCUT2D eigenvalue weighted by molar-refractivity contribution is 6.30. The SMILES string of the molecule is CNCc1c(C)nn(-c2ccccc2)c1Cl. The molecule has 16 heavy (non-hydrogen) atoms. The summed E-state index contributed by atoms with van der Waals surface area (Å²) < 4.78 is 1.77. The van der Waals surface area contributed by atoms with Gasteiger partial charge in [0.15, 0.2) is 0 Å². The number of aromatic nitrogens is 2. The van der Waals surface area contributed by atoms with Gasteiger partial charge in [-0.25, -0.2) is 4.68 Å². The molecule has 0 aliphatic heterocycles. The van der Waals surface area contributed by atoms with Crippen molar-refractivity contribution in [1.82, 2.24) is 15.1 Å². The Morgan fingerprint density at radius 1 is 1.31 bits per heavy atom. The molecule has 0 spiro atoms. The van der Waals surface area contributed by atoms with Crippen molar-refractivity contribution in [2.24, 2.45) is 0 Å². The Bertz CT molecular complexity index is 477. The van der Waals surface area contributed by atoms with Crippen LogP contribution >= 0.6 is 11.6 Å². The molecule has 0 aliphatic carbocycles. The molecule has 0 fully saturated rings. The minimum absolute atomic E-state index is 0.679. The van der Waals surface area contributed by atoms with E-state index in [1.54, 1.807) is 4.68 Å². The monoisotopic (exact) mass is 235 g/mol. The van der Waals surface area contributed by atoms with Crippen molar-refractivity contribution in [3.05, 3.63) is 46.7 Å². The molecule has 2 rings (SSSR count). The average molecular weight is 236 g/mol. The van der Waals surface area contributed by atoms with Gasteiger partial charge < -0.3 is 5.32 Å². The van der Waals surface area contributed by atoms with Gasteiger partial charge in [0.2, 0.25) is 0 Å². The van der Waals surface area contributed by atoms with Gasteiger partial charge in [-0.05, 0) is 26.1 Å². The van der Waals surface area contributed by atoms with Crippen molar-refractivity contribution < 1.29 is 0 Å². The number of nitrogens with one attached hydrogen (secondary N) is 1. The van der Waals surface area contributed by atoms with Gasteiger partial charge in [-0.1, -0.05) is 29.8 Å². The predicted octanol–water partition coefficient (Wildman–Crippen LogP) is 2.55. The van der Waals surface area contributed by atoms with E-state index in [0.29, 0.717) is 5.15 Å². The number of nitrogens with zero attached hydrogens (tertiary/aromatic N) is 2. The van der Waals surface area contributed by atoms with Gasteiger partial charge in [-0.2, -0.15) is 5.10 Å². The molecule has 1 aromatic carbocycles. The summed E-state index contributed by atoms with van der Waals surface area (Å²) in [6.45, 7) is 2.70. The summed E-state index contributed by atoms with van der Waals surface area (Å²) >= 11 is 6.30. The van der Waals surface area contributed by atoms with Crippen molar-refractivity contribution >= 4 is 11.6 Å². The number of benzene rings is 1. The molecule has 84 valence electrons. The fraction of sp³-hybridized carbons (Fsp3) is 0.250. The lowest BCUT2D eigenvalue weighted by atomic mass is 10.2. The Labute approximate surface area is 100 Å². The van der Waals surface area contributed by atoms with Crippen LogP contribution in [0.25, 0.3) is 5.69 Å². The van der Waals surface area contributed by atoms with Gasteiger partial charge in [0, 0.05) is 12.1 Å². The summed E-state index contributed by atoms with van der Waals surface area (Å²) in [6.07, 6.45) is 0. The minimum atomic E-state index is 0.679. The molecule has 4 heteroatoms. The van der Waals surface area contributed by atoms with Crippen molar-refractivity contribution in [2.75, 3.05) is 7.05 Å². The number of hydrogen-bond acceptors (Lipinski definition) is 2. The van der Waals surface area contributed by atoms with E-state index < -0.39 is 0 Å². The molecule has 0 unspecified atom stereocenters. The van der Waals surface area contributed by atoms with Crippen molar-refractivity contribution in [3.8, 4) is 5.69 Å². The first-order chi connectivity index (χ1) is 7.74. The van der Waals surface area contributed by atoms with Crippen LogP contribution in [0.15, 0.2) is 30.3 Å². The van der Waals surface area contributed by atoms with E-state index in [2.05, 4.69) is 10.4 Å². The molecule has 1 N–H and O–H groups in total.